The van der Waals surface area contributed by atoms with Crippen LogP contribution in [0.1, 0.15) is 79.1 Å². The fourth-order valence-electron chi connectivity index (χ4n) is 7.97. The lowest BCUT2D eigenvalue weighted by atomic mass is 9.38. The van der Waals surface area contributed by atoms with Gasteiger partial charge in [-0.05, 0) is 62.2 Å². The summed E-state index contributed by atoms with van der Waals surface area (Å²) < 4.78 is 5.84. The highest BCUT2D eigenvalue weighted by Gasteiger charge is 2.74. The molecule has 25 heavy (non-hydrogen) atoms. The molecule has 4 aliphatic rings. The van der Waals surface area contributed by atoms with Crippen LogP contribution in [0, 0.1) is 28.1 Å². The summed E-state index contributed by atoms with van der Waals surface area (Å²) in [7, 11) is 0. The number of rotatable bonds is 1. The van der Waals surface area contributed by atoms with E-state index in [1.807, 2.05) is 0 Å². The van der Waals surface area contributed by atoms with Crippen LogP contribution in [0.5, 0.6) is 0 Å². The van der Waals surface area contributed by atoms with Gasteiger partial charge in [0.1, 0.15) is 11.7 Å². The SMILES string of the molecule is C=C1CC23CCC4C(C)(C)CCCC4(C)C2(O)C(OC(C)=O)CC1C3. The van der Waals surface area contributed by atoms with Gasteiger partial charge in [-0.2, -0.15) is 0 Å². The third-order valence-corrected chi connectivity index (χ3v) is 8.87. The second kappa shape index (κ2) is 5.12. The molecule has 4 rings (SSSR count). The van der Waals surface area contributed by atoms with Gasteiger partial charge in [-0.15, -0.1) is 0 Å². The minimum atomic E-state index is -0.928. The molecule has 0 aromatic rings. The van der Waals surface area contributed by atoms with Gasteiger partial charge in [-0.3, -0.25) is 4.79 Å². The van der Waals surface area contributed by atoms with Crippen molar-refractivity contribution in [2.24, 2.45) is 28.1 Å². The Morgan fingerprint density at radius 1 is 1.24 bits per heavy atom. The maximum atomic E-state index is 12.5. The third kappa shape index (κ3) is 2.05. The summed E-state index contributed by atoms with van der Waals surface area (Å²) in [6.45, 7) is 12.9. The highest BCUT2D eigenvalue weighted by molar-refractivity contribution is 5.66. The number of ether oxygens (including phenoxy) is 1. The van der Waals surface area contributed by atoms with Crippen LogP contribution >= 0.6 is 0 Å². The van der Waals surface area contributed by atoms with E-state index < -0.39 is 5.60 Å². The zero-order valence-electron chi connectivity index (χ0n) is 16.4. The summed E-state index contributed by atoms with van der Waals surface area (Å²) in [6.07, 6.45) is 7.94. The number of hydrogen-bond donors (Lipinski definition) is 1. The Morgan fingerprint density at radius 2 is 1.96 bits per heavy atom. The summed E-state index contributed by atoms with van der Waals surface area (Å²) in [4.78, 5) is 11.9. The molecule has 0 saturated heterocycles. The van der Waals surface area contributed by atoms with Crippen LogP contribution in [-0.4, -0.2) is 22.8 Å². The van der Waals surface area contributed by atoms with E-state index in [1.165, 1.54) is 25.3 Å². The molecule has 0 aromatic carbocycles. The third-order valence-electron chi connectivity index (χ3n) is 8.87. The number of carbonyl (C=O) groups excluding carboxylic acids is 1. The van der Waals surface area contributed by atoms with Crippen LogP contribution in [0.4, 0.5) is 0 Å². The summed E-state index contributed by atoms with van der Waals surface area (Å²) in [5.74, 6) is 0.621. The Balaban J connectivity index is 1.86. The van der Waals surface area contributed by atoms with Gasteiger partial charge >= 0.3 is 5.97 Å². The molecule has 0 radical (unpaired) electrons. The molecule has 3 heteroatoms. The standard InChI is InChI=1S/C22H34O3/c1-14-12-21-10-7-17-19(3,4)8-6-9-20(17,5)22(21,24)18(25-15(2)23)11-16(14)13-21/h16-18,24H,1,6-13H2,2-5H3. The fraction of sp³-hybridized carbons (Fsp3) is 0.864. The molecule has 4 saturated carbocycles. The molecule has 6 unspecified atom stereocenters. The van der Waals surface area contributed by atoms with E-state index in [-0.39, 0.29) is 28.3 Å². The van der Waals surface area contributed by atoms with Gasteiger partial charge in [0.05, 0.1) is 0 Å². The van der Waals surface area contributed by atoms with Crippen molar-refractivity contribution >= 4 is 5.97 Å². The van der Waals surface area contributed by atoms with E-state index in [4.69, 9.17) is 4.74 Å². The predicted octanol–water partition coefficient (Wildman–Crippen LogP) is 4.63. The Bertz CT molecular complexity index is 623. The average molecular weight is 347 g/mol. The smallest absolute Gasteiger partial charge is 0.303 e. The van der Waals surface area contributed by atoms with Crippen LogP contribution in [0.3, 0.4) is 0 Å². The van der Waals surface area contributed by atoms with Gasteiger partial charge in [0.25, 0.3) is 0 Å². The Kier molecular flexibility index (Phi) is 3.60. The van der Waals surface area contributed by atoms with Gasteiger partial charge in [0, 0.05) is 17.8 Å². The minimum absolute atomic E-state index is 0.147. The van der Waals surface area contributed by atoms with E-state index in [0.29, 0.717) is 11.8 Å². The molecule has 3 nitrogen and oxygen atoms in total. The highest BCUT2D eigenvalue weighted by atomic mass is 16.6. The van der Waals surface area contributed by atoms with Crippen LogP contribution in [0.2, 0.25) is 0 Å². The summed E-state index contributed by atoms with van der Waals surface area (Å²) >= 11 is 0. The van der Waals surface area contributed by atoms with E-state index in [1.54, 1.807) is 0 Å². The molecular formula is C22H34O3. The van der Waals surface area contributed by atoms with Gasteiger partial charge in [-0.25, -0.2) is 0 Å². The number of carbonyl (C=O) groups is 1. The molecule has 4 fully saturated rings. The van der Waals surface area contributed by atoms with Crippen molar-refractivity contribution in [1.82, 2.24) is 0 Å². The molecule has 1 spiro atoms. The van der Waals surface area contributed by atoms with Crippen molar-refractivity contribution in [2.45, 2.75) is 90.8 Å². The number of allylic oxidation sites excluding steroid dienone is 1. The van der Waals surface area contributed by atoms with Crippen molar-refractivity contribution in [3.8, 4) is 0 Å². The maximum Gasteiger partial charge on any atom is 0.303 e. The van der Waals surface area contributed by atoms with Crippen molar-refractivity contribution in [1.29, 1.82) is 0 Å². The second-order valence-electron chi connectivity index (χ2n) is 10.5. The van der Waals surface area contributed by atoms with Gasteiger partial charge in [0.2, 0.25) is 0 Å². The number of hydrogen-bond acceptors (Lipinski definition) is 3. The molecule has 0 aromatic heterocycles. The lowest BCUT2D eigenvalue weighted by molar-refractivity contribution is -0.300. The quantitative estimate of drug-likeness (QED) is 0.556. The van der Waals surface area contributed by atoms with E-state index in [0.717, 1.165) is 38.5 Å². The monoisotopic (exact) mass is 346 g/mol. The summed E-state index contributed by atoms with van der Waals surface area (Å²) in [6, 6.07) is 0. The first-order valence-electron chi connectivity index (χ1n) is 10.1. The van der Waals surface area contributed by atoms with Crippen molar-refractivity contribution in [3.63, 3.8) is 0 Å². The van der Waals surface area contributed by atoms with E-state index >= 15 is 0 Å². The van der Waals surface area contributed by atoms with E-state index in [9.17, 15) is 9.90 Å². The number of fused-ring (bicyclic) bond motifs is 3. The molecule has 2 bridgehead atoms. The molecular weight excluding hydrogens is 312 g/mol. The van der Waals surface area contributed by atoms with Gasteiger partial charge in [0.15, 0.2) is 0 Å². The van der Waals surface area contributed by atoms with Crippen LogP contribution in [0.15, 0.2) is 12.2 Å². The zero-order valence-corrected chi connectivity index (χ0v) is 16.4. The normalized spacial score (nSPS) is 50.8. The summed E-state index contributed by atoms with van der Waals surface area (Å²) in [5, 5.41) is 12.5. The zero-order chi connectivity index (χ0) is 18.3. The first kappa shape index (κ1) is 17.6. The molecule has 6 atom stereocenters. The van der Waals surface area contributed by atoms with Crippen LogP contribution < -0.4 is 0 Å². The van der Waals surface area contributed by atoms with Gasteiger partial charge < -0.3 is 9.84 Å². The van der Waals surface area contributed by atoms with Gasteiger partial charge in [-0.1, -0.05) is 39.3 Å². The largest absolute Gasteiger partial charge is 0.459 e. The minimum Gasteiger partial charge on any atom is -0.459 e. The molecule has 0 heterocycles. The van der Waals surface area contributed by atoms with Crippen molar-refractivity contribution in [3.05, 3.63) is 12.2 Å². The number of aliphatic hydroxyl groups is 1. The Hall–Kier alpha value is -0.830. The maximum absolute atomic E-state index is 12.5. The molecule has 4 aliphatic carbocycles. The Morgan fingerprint density at radius 3 is 2.64 bits per heavy atom. The van der Waals surface area contributed by atoms with E-state index in [2.05, 4.69) is 27.4 Å². The first-order valence-corrected chi connectivity index (χ1v) is 10.1. The molecule has 0 amide bonds. The lowest BCUT2D eigenvalue weighted by Gasteiger charge is -2.69. The molecule has 0 aliphatic heterocycles. The Labute approximate surface area is 152 Å². The molecule has 140 valence electrons. The number of esters is 1. The van der Waals surface area contributed by atoms with Crippen molar-refractivity contribution in [2.75, 3.05) is 0 Å². The van der Waals surface area contributed by atoms with Crippen LogP contribution in [-0.2, 0) is 9.53 Å². The molecule has 1 N–H and O–H groups in total. The van der Waals surface area contributed by atoms with Crippen LogP contribution in [0.25, 0.3) is 0 Å². The fourth-order valence-corrected chi connectivity index (χ4v) is 7.97. The predicted molar refractivity (Wildman–Crippen MR) is 97.9 cm³/mol. The van der Waals surface area contributed by atoms with Crippen molar-refractivity contribution < 1.29 is 14.6 Å². The summed E-state index contributed by atoms with van der Waals surface area (Å²) in [5.41, 5.74) is 0.235. The topological polar surface area (TPSA) is 46.5 Å². The highest BCUT2D eigenvalue weighted by Crippen LogP contribution is 2.74. The lowest BCUT2D eigenvalue weighted by Crippen LogP contribution is -2.73. The average Bonchev–Trinajstić information content (AvgIpc) is 2.75. The second-order valence-corrected chi connectivity index (χ2v) is 10.5. The first-order chi connectivity index (χ1) is 11.6.